The number of carbonyl (C=O) groups excluding carboxylic acids is 2. The first-order valence-electron chi connectivity index (χ1n) is 7.36. The van der Waals surface area contributed by atoms with Gasteiger partial charge < -0.3 is 19.5 Å². The highest BCUT2D eigenvalue weighted by atomic mass is 16.6. The third kappa shape index (κ3) is 4.47. The summed E-state index contributed by atoms with van der Waals surface area (Å²) in [6.07, 6.45) is 0.632. The molecule has 0 aliphatic carbocycles. The van der Waals surface area contributed by atoms with E-state index in [1.807, 2.05) is 0 Å². The summed E-state index contributed by atoms with van der Waals surface area (Å²) < 4.78 is 15.4. The molecule has 0 radical (unpaired) electrons. The number of anilines is 1. The van der Waals surface area contributed by atoms with Crippen molar-refractivity contribution in [2.45, 2.75) is 0 Å². The number of nitrogens with zero attached hydrogens (tertiary/aromatic N) is 1. The van der Waals surface area contributed by atoms with E-state index in [2.05, 4.69) is 5.32 Å². The van der Waals surface area contributed by atoms with Crippen molar-refractivity contribution in [2.24, 2.45) is 0 Å². The molecule has 136 valence electrons. The third-order valence-electron chi connectivity index (χ3n) is 3.36. The van der Waals surface area contributed by atoms with Crippen LogP contribution in [0.15, 0.2) is 36.4 Å². The summed E-state index contributed by atoms with van der Waals surface area (Å²) in [7, 11) is 2.80. The standard InChI is InChI=1S/C17H16N2O7/c1-24-12-4-5-13(14(8-12)19(22)23)18-17(21)10-26-16-7-11(9-20)3-6-15(16)25-2/h3-9H,10H2,1-2H3,(H,18,21). The van der Waals surface area contributed by atoms with Crippen molar-refractivity contribution >= 4 is 23.6 Å². The number of aldehydes is 1. The number of benzene rings is 2. The van der Waals surface area contributed by atoms with E-state index in [4.69, 9.17) is 14.2 Å². The molecule has 0 aromatic heterocycles. The lowest BCUT2D eigenvalue weighted by atomic mass is 10.2. The Hall–Kier alpha value is -3.62. The summed E-state index contributed by atoms with van der Waals surface area (Å²) in [5.74, 6) is 0.230. The minimum atomic E-state index is -0.629. The van der Waals surface area contributed by atoms with Crippen LogP contribution in [0.5, 0.6) is 17.2 Å². The fourth-order valence-corrected chi connectivity index (χ4v) is 2.10. The molecule has 26 heavy (non-hydrogen) atoms. The molecule has 0 saturated carbocycles. The zero-order valence-corrected chi connectivity index (χ0v) is 14.1. The Morgan fingerprint density at radius 3 is 2.54 bits per heavy atom. The van der Waals surface area contributed by atoms with E-state index in [0.717, 1.165) is 0 Å². The molecule has 2 aromatic carbocycles. The van der Waals surface area contributed by atoms with Gasteiger partial charge in [-0.15, -0.1) is 0 Å². The summed E-state index contributed by atoms with van der Waals surface area (Å²) in [5, 5.41) is 13.5. The van der Waals surface area contributed by atoms with Gasteiger partial charge in [-0.3, -0.25) is 19.7 Å². The Bertz CT molecular complexity index is 836. The van der Waals surface area contributed by atoms with Gasteiger partial charge in [0, 0.05) is 5.56 Å². The summed E-state index contributed by atoms with van der Waals surface area (Å²) in [6, 6.07) is 8.55. The van der Waals surface area contributed by atoms with E-state index in [-0.39, 0.29) is 17.1 Å². The first-order valence-corrected chi connectivity index (χ1v) is 7.36. The van der Waals surface area contributed by atoms with Crippen LogP contribution in [0.25, 0.3) is 0 Å². The van der Waals surface area contributed by atoms with Gasteiger partial charge in [0.25, 0.3) is 11.6 Å². The second kappa shape index (κ2) is 8.47. The Morgan fingerprint density at radius 2 is 1.92 bits per heavy atom. The maximum Gasteiger partial charge on any atom is 0.296 e. The molecular formula is C17H16N2O7. The van der Waals surface area contributed by atoms with E-state index < -0.39 is 17.4 Å². The lowest BCUT2D eigenvalue weighted by Crippen LogP contribution is -2.21. The van der Waals surface area contributed by atoms with Crippen LogP contribution in [0.3, 0.4) is 0 Å². The maximum absolute atomic E-state index is 12.1. The van der Waals surface area contributed by atoms with Gasteiger partial charge in [0.1, 0.15) is 17.7 Å². The molecule has 9 nitrogen and oxygen atoms in total. The molecular weight excluding hydrogens is 344 g/mol. The second-order valence-corrected chi connectivity index (χ2v) is 5.01. The van der Waals surface area contributed by atoms with Crippen LogP contribution in [-0.2, 0) is 4.79 Å². The molecule has 1 amide bonds. The van der Waals surface area contributed by atoms with Gasteiger partial charge in [-0.25, -0.2) is 0 Å². The first kappa shape index (κ1) is 18.7. The normalized spacial score (nSPS) is 9.92. The molecule has 0 bridgehead atoms. The van der Waals surface area contributed by atoms with Crippen LogP contribution >= 0.6 is 0 Å². The average Bonchev–Trinajstić information content (AvgIpc) is 2.66. The van der Waals surface area contributed by atoms with E-state index in [9.17, 15) is 19.7 Å². The predicted octanol–water partition coefficient (Wildman–Crippen LogP) is 2.44. The number of methoxy groups -OCH3 is 2. The van der Waals surface area contributed by atoms with E-state index >= 15 is 0 Å². The molecule has 0 spiro atoms. The van der Waals surface area contributed by atoms with Gasteiger partial charge in [0.2, 0.25) is 0 Å². The van der Waals surface area contributed by atoms with Crippen LogP contribution in [-0.4, -0.2) is 37.9 Å². The van der Waals surface area contributed by atoms with Crippen LogP contribution in [0.2, 0.25) is 0 Å². The van der Waals surface area contributed by atoms with Crippen LogP contribution in [0.1, 0.15) is 10.4 Å². The number of hydrogen-bond acceptors (Lipinski definition) is 7. The number of nitrogens with one attached hydrogen (secondary N) is 1. The Balaban J connectivity index is 2.10. The lowest BCUT2D eigenvalue weighted by molar-refractivity contribution is -0.384. The maximum atomic E-state index is 12.1. The third-order valence-corrected chi connectivity index (χ3v) is 3.36. The Morgan fingerprint density at radius 1 is 1.15 bits per heavy atom. The Kier molecular flexibility index (Phi) is 6.10. The van der Waals surface area contributed by atoms with Gasteiger partial charge in [-0.05, 0) is 30.3 Å². The van der Waals surface area contributed by atoms with Crippen molar-refractivity contribution < 1.29 is 28.7 Å². The van der Waals surface area contributed by atoms with Gasteiger partial charge >= 0.3 is 0 Å². The summed E-state index contributed by atoms with van der Waals surface area (Å²) in [6.45, 7) is -0.429. The van der Waals surface area contributed by atoms with Gasteiger partial charge in [0.15, 0.2) is 18.1 Å². The second-order valence-electron chi connectivity index (χ2n) is 5.01. The highest BCUT2D eigenvalue weighted by Gasteiger charge is 2.18. The molecule has 1 N–H and O–H groups in total. The van der Waals surface area contributed by atoms with Gasteiger partial charge in [-0.1, -0.05) is 0 Å². The number of carbonyl (C=O) groups is 2. The molecule has 0 aliphatic rings. The van der Waals surface area contributed by atoms with Crippen molar-refractivity contribution in [1.82, 2.24) is 0 Å². The number of nitro groups is 1. The smallest absolute Gasteiger partial charge is 0.296 e. The molecule has 9 heteroatoms. The fraction of sp³-hybridized carbons (Fsp3) is 0.176. The molecule has 0 atom stereocenters. The minimum absolute atomic E-state index is 0.0120. The summed E-state index contributed by atoms with van der Waals surface area (Å²) in [5.41, 5.74) is 0.0586. The topological polar surface area (TPSA) is 117 Å². The van der Waals surface area contributed by atoms with Crippen LogP contribution < -0.4 is 19.5 Å². The lowest BCUT2D eigenvalue weighted by Gasteiger charge is -2.11. The average molecular weight is 360 g/mol. The van der Waals surface area contributed by atoms with E-state index in [1.165, 1.54) is 44.6 Å². The highest BCUT2D eigenvalue weighted by molar-refractivity contribution is 5.94. The van der Waals surface area contributed by atoms with Crippen molar-refractivity contribution in [3.05, 3.63) is 52.1 Å². The Labute approximate surface area is 148 Å². The minimum Gasteiger partial charge on any atom is -0.496 e. The number of amides is 1. The number of ether oxygens (including phenoxy) is 3. The largest absolute Gasteiger partial charge is 0.496 e. The van der Waals surface area contributed by atoms with Crippen LogP contribution in [0, 0.1) is 10.1 Å². The van der Waals surface area contributed by atoms with E-state index in [0.29, 0.717) is 23.3 Å². The zero-order chi connectivity index (χ0) is 19.1. The molecule has 0 heterocycles. The SMILES string of the molecule is COc1ccc(NC(=O)COc2cc(C=O)ccc2OC)c([N+](=O)[O-])c1. The van der Waals surface area contributed by atoms with Crippen LogP contribution in [0.4, 0.5) is 11.4 Å². The monoisotopic (exact) mass is 360 g/mol. The quantitative estimate of drug-likeness (QED) is 0.436. The van der Waals surface area contributed by atoms with Crippen molar-refractivity contribution in [3.8, 4) is 17.2 Å². The molecule has 0 saturated heterocycles. The predicted molar refractivity (Wildman–Crippen MR) is 92.2 cm³/mol. The van der Waals surface area contributed by atoms with Crippen molar-refractivity contribution in [2.75, 3.05) is 26.1 Å². The van der Waals surface area contributed by atoms with Gasteiger partial charge in [-0.2, -0.15) is 0 Å². The first-order chi connectivity index (χ1) is 12.5. The molecule has 2 aromatic rings. The molecule has 0 aliphatic heterocycles. The highest BCUT2D eigenvalue weighted by Crippen LogP contribution is 2.30. The van der Waals surface area contributed by atoms with Crippen molar-refractivity contribution in [1.29, 1.82) is 0 Å². The molecule has 0 fully saturated rings. The molecule has 2 rings (SSSR count). The number of rotatable bonds is 8. The summed E-state index contributed by atoms with van der Waals surface area (Å²) >= 11 is 0. The van der Waals surface area contributed by atoms with Crippen molar-refractivity contribution in [3.63, 3.8) is 0 Å². The molecule has 0 unspecified atom stereocenters. The summed E-state index contributed by atoms with van der Waals surface area (Å²) in [4.78, 5) is 33.4. The zero-order valence-electron chi connectivity index (χ0n) is 14.1. The van der Waals surface area contributed by atoms with E-state index in [1.54, 1.807) is 6.07 Å². The number of nitro benzene ring substituents is 1. The fourth-order valence-electron chi connectivity index (χ4n) is 2.10. The van der Waals surface area contributed by atoms with Gasteiger partial charge in [0.05, 0.1) is 25.2 Å². The number of hydrogen-bond donors (Lipinski definition) is 1.